The van der Waals surface area contributed by atoms with Crippen LogP contribution in [0.4, 0.5) is 0 Å². The van der Waals surface area contributed by atoms with Crippen molar-refractivity contribution in [1.82, 2.24) is 9.80 Å². The van der Waals surface area contributed by atoms with Gasteiger partial charge in [-0.3, -0.25) is 0 Å². The lowest BCUT2D eigenvalue weighted by Gasteiger charge is -2.17. The van der Waals surface area contributed by atoms with E-state index >= 15 is 0 Å². The van der Waals surface area contributed by atoms with Gasteiger partial charge in [0.25, 0.3) is 0 Å². The van der Waals surface area contributed by atoms with Gasteiger partial charge in [0.1, 0.15) is 0 Å². The van der Waals surface area contributed by atoms with Crippen LogP contribution in [-0.4, -0.2) is 75.2 Å². The Morgan fingerprint density at radius 1 is 0.618 bits per heavy atom. The molecular weight excluding hydrogens is 428 g/mol. The van der Waals surface area contributed by atoms with Gasteiger partial charge >= 0.3 is 11.9 Å². The van der Waals surface area contributed by atoms with Crippen molar-refractivity contribution in [2.45, 2.75) is 78.1 Å². The van der Waals surface area contributed by atoms with Gasteiger partial charge in [-0.05, 0) is 65.0 Å². The van der Waals surface area contributed by atoms with E-state index in [0.717, 1.165) is 39.0 Å². The van der Waals surface area contributed by atoms with Gasteiger partial charge in [-0.25, -0.2) is 9.59 Å². The van der Waals surface area contributed by atoms with E-state index in [-0.39, 0.29) is 11.1 Å². The average molecular weight is 477 g/mol. The van der Waals surface area contributed by atoms with Crippen molar-refractivity contribution in [3.8, 4) is 0 Å². The molecule has 0 saturated carbocycles. The molecule has 0 amide bonds. The third-order valence-electron chi connectivity index (χ3n) is 5.99. The Morgan fingerprint density at radius 3 is 1.38 bits per heavy atom. The van der Waals surface area contributed by atoms with E-state index in [9.17, 15) is 9.59 Å². The molecule has 0 bridgehead atoms. The molecule has 0 spiro atoms. The Labute approximate surface area is 208 Å². The zero-order valence-electron chi connectivity index (χ0n) is 22.2. The molecule has 0 aliphatic carbocycles. The van der Waals surface area contributed by atoms with E-state index in [2.05, 4.69) is 37.7 Å². The maximum absolute atomic E-state index is 12.6. The van der Waals surface area contributed by atoms with Gasteiger partial charge in [0.2, 0.25) is 0 Å². The summed E-state index contributed by atoms with van der Waals surface area (Å²) in [6.07, 6.45) is 11.5. The summed E-state index contributed by atoms with van der Waals surface area (Å²) >= 11 is 0. The normalized spacial score (nSPS) is 11.2. The summed E-state index contributed by atoms with van der Waals surface area (Å²) in [6, 6.07) is 6.74. The summed E-state index contributed by atoms with van der Waals surface area (Å²) < 4.78 is 10.9. The first kappa shape index (κ1) is 30.1. The lowest BCUT2D eigenvalue weighted by atomic mass is 10.1. The molecule has 0 fully saturated rings. The predicted molar refractivity (Wildman–Crippen MR) is 140 cm³/mol. The fourth-order valence-electron chi connectivity index (χ4n) is 3.83. The summed E-state index contributed by atoms with van der Waals surface area (Å²) in [5.41, 5.74) is 0.543. The highest BCUT2D eigenvalue weighted by Crippen LogP contribution is 2.13. The summed E-state index contributed by atoms with van der Waals surface area (Å²) in [4.78, 5) is 29.7. The monoisotopic (exact) mass is 476 g/mol. The minimum atomic E-state index is -0.468. The smallest absolute Gasteiger partial charge is 0.339 e. The molecule has 0 atom stereocenters. The summed E-state index contributed by atoms with van der Waals surface area (Å²) in [7, 11) is 4.20. The first-order chi connectivity index (χ1) is 16.5. The molecule has 0 unspecified atom stereocenters. The second kappa shape index (κ2) is 19.4. The number of unbranched alkanes of at least 4 members (excludes halogenated alkanes) is 6. The zero-order valence-corrected chi connectivity index (χ0v) is 22.2. The second-order valence-corrected chi connectivity index (χ2v) is 9.25. The van der Waals surface area contributed by atoms with Crippen molar-refractivity contribution in [2.75, 3.05) is 53.5 Å². The molecule has 0 aliphatic heterocycles. The lowest BCUT2D eigenvalue weighted by molar-refractivity contribution is 0.0444. The van der Waals surface area contributed by atoms with Gasteiger partial charge in [0, 0.05) is 13.1 Å². The Morgan fingerprint density at radius 2 is 1.00 bits per heavy atom. The van der Waals surface area contributed by atoms with Crippen molar-refractivity contribution >= 4 is 11.9 Å². The molecule has 1 aromatic carbocycles. The minimum absolute atomic E-state index is 0.272. The van der Waals surface area contributed by atoms with Crippen LogP contribution in [0, 0.1) is 0 Å². The highest BCUT2D eigenvalue weighted by atomic mass is 16.5. The van der Waals surface area contributed by atoms with Gasteiger partial charge in [0.15, 0.2) is 0 Å². The van der Waals surface area contributed by atoms with Gasteiger partial charge < -0.3 is 19.3 Å². The van der Waals surface area contributed by atoms with Crippen molar-refractivity contribution in [3.63, 3.8) is 0 Å². The predicted octanol–water partition coefficient (Wildman–Crippen LogP) is 5.80. The standard InChI is InChI=1S/C28H48N2O4/c1-5-7-9-13-19-29(3)21-15-23-33-27(31)25-17-11-12-18-26(25)28(32)34-24-16-22-30(4)20-14-10-8-6-2/h11-12,17-18H,5-10,13-16,19-24H2,1-4H3. The number of ether oxygens (including phenoxy) is 2. The van der Waals surface area contributed by atoms with E-state index in [4.69, 9.17) is 9.47 Å². The summed E-state index contributed by atoms with van der Waals surface area (Å²) in [6.45, 7) is 9.01. The van der Waals surface area contributed by atoms with Gasteiger partial charge in [-0.2, -0.15) is 0 Å². The SMILES string of the molecule is CCCCCCN(C)CCCOC(=O)c1ccccc1C(=O)OCCCN(C)CCCCCC. The zero-order chi connectivity index (χ0) is 25.0. The first-order valence-electron chi connectivity index (χ1n) is 13.3. The minimum Gasteiger partial charge on any atom is -0.462 e. The quantitative estimate of drug-likeness (QED) is 0.175. The maximum Gasteiger partial charge on any atom is 0.339 e. The van der Waals surface area contributed by atoms with Crippen LogP contribution in [0.2, 0.25) is 0 Å². The van der Waals surface area contributed by atoms with E-state index < -0.39 is 11.9 Å². The fraction of sp³-hybridized carbons (Fsp3) is 0.714. The molecule has 0 radical (unpaired) electrons. The van der Waals surface area contributed by atoms with Crippen LogP contribution < -0.4 is 0 Å². The van der Waals surface area contributed by atoms with Crippen LogP contribution in [0.1, 0.15) is 98.8 Å². The number of hydrogen-bond donors (Lipinski definition) is 0. The number of rotatable bonds is 20. The van der Waals surface area contributed by atoms with Crippen molar-refractivity contribution in [2.24, 2.45) is 0 Å². The number of carbonyl (C=O) groups excluding carboxylic acids is 2. The molecule has 1 rings (SSSR count). The fourth-order valence-corrected chi connectivity index (χ4v) is 3.83. The molecule has 0 aromatic heterocycles. The number of esters is 2. The second-order valence-electron chi connectivity index (χ2n) is 9.25. The van der Waals surface area contributed by atoms with Crippen LogP contribution >= 0.6 is 0 Å². The van der Waals surface area contributed by atoms with Crippen LogP contribution in [0.25, 0.3) is 0 Å². The number of benzene rings is 1. The molecular formula is C28H48N2O4. The lowest BCUT2D eigenvalue weighted by Crippen LogP contribution is -2.23. The van der Waals surface area contributed by atoms with Gasteiger partial charge in [-0.1, -0.05) is 64.5 Å². The molecule has 0 aliphatic rings. The number of carbonyl (C=O) groups is 2. The van der Waals surface area contributed by atoms with Gasteiger partial charge in [0.05, 0.1) is 24.3 Å². The van der Waals surface area contributed by atoms with Gasteiger partial charge in [-0.15, -0.1) is 0 Å². The van der Waals surface area contributed by atoms with E-state index in [1.165, 1.54) is 51.4 Å². The molecule has 194 valence electrons. The molecule has 6 nitrogen and oxygen atoms in total. The topological polar surface area (TPSA) is 59.1 Å². The molecule has 1 aromatic rings. The van der Waals surface area contributed by atoms with Crippen LogP contribution in [-0.2, 0) is 9.47 Å². The third-order valence-corrected chi connectivity index (χ3v) is 5.99. The largest absolute Gasteiger partial charge is 0.462 e. The molecule has 0 heterocycles. The van der Waals surface area contributed by atoms with E-state index in [1.807, 2.05) is 0 Å². The summed E-state index contributed by atoms with van der Waals surface area (Å²) in [5, 5.41) is 0. The Balaban J connectivity index is 2.34. The van der Waals surface area contributed by atoms with Crippen LogP contribution in [0.3, 0.4) is 0 Å². The first-order valence-corrected chi connectivity index (χ1v) is 13.3. The average Bonchev–Trinajstić information content (AvgIpc) is 2.84. The number of nitrogens with zero attached hydrogens (tertiary/aromatic N) is 2. The van der Waals surface area contributed by atoms with Crippen molar-refractivity contribution in [1.29, 1.82) is 0 Å². The Bertz CT molecular complexity index is 623. The maximum atomic E-state index is 12.6. The molecule has 0 saturated heterocycles. The van der Waals surface area contributed by atoms with E-state index in [1.54, 1.807) is 24.3 Å². The molecule has 34 heavy (non-hydrogen) atoms. The van der Waals surface area contributed by atoms with Crippen molar-refractivity contribution in [3.05, 3.63) is 35.4 Å². The third kappa shape index (κ3) is 13.7. The molecule has 0 N–H and O–H groups in total. The summed E-state index contributed by atoms with van der Waals surface area (Å²) in [5.74, 6) is -0.935. The highest BCUT2D eigenvalue weighted by Gasteiger charge is 2.19. The van der Waals surface area contributed by atoms with E-state index in [0.29, 0.717) is 13.2 Å². The Kier molecular flexibility index (Phi) is 17.2. The van der Waals surface area contributed by atoms with Crippen LogP contribution in [0.15, 0.2) is 24.3 Å². The number of hydrogen-bond acceptors (Lipinski definition) is 6. The highest BCUT2D eigenvalue weighted by molar-refractivity contribution is 6.03. The Hall–Kier alpha value is -1.92. The van der Waals surface area contributed by atoms with Crippen molar-refractivity contribution < 1.29 is 19.1 Å². The molecule has 6 heteroatoms. The van der Waals surface area contributed by atoms with Crippen LogP contribution in [0.5, 0.6) is 0 Å².